The van der Waals surface area contributed by atoms with Gasteiger partial charge < -0.3 is 10.0 Å². The summed E-state index contributed by atoms with van der Waals surface area (Å²) in [6.45, 7) is 0. The molecule has 0 amide bonds. The summed E-state index contributed by atoms with van der Waals surface area (Å²) in [6, 6.07) is 1.71. The van der Waals surface area contributed by atoms with Crippen LogP contribution < -0.4 is 4.90 Å². The molecule has 0 aliphatic rings. The first-order valence-corrected chi connectivity index (χ1v) is 7.18. The molecule has 0 saturated carbocycles. The minimum absolute atomic E-state index is 0.370. The number of rotatable bonds is 2. The van der Waals surface area contributed by atoms with Crippen LogP contribution in [0.4, 0.5) is 5.69 Å². The summed E-state index contributed by atoms with van der Waals surface area (Å²) in [7, 11) is 3.91. The average molecular weight is 543 g/mol. The highest BCUT2D eigenvalue weighted by molar-refractivity contribution is 14.1. The predicted octanol–water partition coefficient (Wildman–Crippen LogP) is 3.26. The third-order valence-electron chi connectivity index (χ3n) is 1.81. The van der Waals surface area contributed by atoms with Crippen molar-refractivity contribution in [1.29, 1.82) is 0 Å². The molecule has 15 heavy (non-hydrogen) atoms. The SMILES string of the molecule is CN(C)c1c(I)cc(C(=O)O)c(I)c1I. The summed E-state index contributed by atoms with van der Waals surface area (Å²) in [4.78, 5) is 13.0. The van der Waals surface area contributed by atoms with Gasteiger partial charge in [0.2, 0.25) is 0 Å². The first-order chi connectivity index (χ1) is 6.86. The summed E-state index contributed by atoms with van der Waals surface area (Å²) >= 11 is 6.43. The van der Waals surface area contributed by atoms with E-state index in [4.69, 9.17) is 5.11 Å². The lowest BCUT2D eigenvalue weighted by Crippen LogP contribution is -2.15. The molecule has 82 valence electrons. The Bertz CT molecular complexity index is 418. The maximum atomic E-state index is 11.0. The molecule has 1 aromatic rings. The number of benzene rings is 1. The highest BCUT2D eigenvalue weighted by Crippen LogP contribution is 2.33. The number of halogens is 3. The van der Waals surface area contributed by atoms with Crippen LogP contribution in [-0.4, -0.2) is 25.2 Å². The number of carboxylic acid groups (broad SMARTS) is 1. The fraction of sp³-hybridized carbons (Fsp3) is 0.222. The van der Waals surface area contributed by atoms with Gasteiger partial charge in [-0.1, -0.05) is 0 Å². The number of hydrogen-bond acceptors (Lipinski definition) is 2. The van der Waals surface area contributed by atoms with E-state index in [-0.39, 0.29) is 0 Å². The van der Waals surface area contributed by atoms with Gasteiger partial charge in [0, 0.05) is 21.2 Å². The van der Waals surface area contributed by atoms with Crippen LogP contribution in [0.5, 0.6) is 0 Å². The van der Waals surface area contributed by atoms with Gasteiger partial charge in [-0.05, 0) is 73.8 Å². The van der Waals surface area contributed by atoms with Gasteiger partial charge in [-0.3, -0.25) is 0 Å². The van der Waals surface area contributed by atoms with Crippen LogP contribution in [0.2, 0.25) is 0 Å². The summed E-state index contributed by atoms with van der Waals surface area (Å²) in [5, 5.41) is 9.02. The van der Waals surface area contributed by atoms with Crippen molar-refractivity contribution in [3.8, 4) is 0 Å². The van der Waals surface area contributed by atoms with Gasteiger partial charge in [-0.25, -0.2) is 4.79 Å². The Labute approximate surface area is 129 Å². The molecule has 0 fully saturated rings. The van der Waals surface area contributed by atoms with Crippen molar-refractivity contribution in [3.05, 3.63) is 22.3 Å². The lowest BCUT2D eigenvalue weighted by molar-refractivity contribution is 0.0695. The average Bonchev–Trinajstić information content (AvgIpc) is 2.10. The van der Waals surface area contributed by atoms with E-state index < -0.39 is 5.97 Å². The monoisotopic (exact) mass is 543 g/mol. The number of hydrogen-bond donors (Lipinski definition) is 1. The Hall–Kier alpha value is 0.680. The van der Waals surface area contributed by atoms with Crippen LogP contribution in [0.3, 0.4) is 0 Å². The Kier molecular flexibility index (Phi) is 4.89. The number of aromatic carboxylic acids is 1. The molecule has 0 spiro atoms. The van der Waals surface area contributed by atoms with Crippen molar-refractivity contribution in [2.75, 3.05) is 19.0 Å². The molecule has 1 aromatic carbocycles. The van der Waals surface area contributed by atoms with E-state index in [0.717, 1.165) is 16.4 Å². The van der Waals surface area contributed by atoms with Crippen LogP contribution in [0.25, 0.3) is 0 Å². The normalized spacial score (nSPS) is 10.2. The molecule has 0 saturated heterocycles. The van der Waals surface area contributed by atoms with Gasteiger partial charge in [0.25, 0.3) is 0 Å². The molecule has 0 bridgehead atoms. The molecule has 0 radical (unpaired) electrons. The maximum absolute atomic E-state index is 11.0. The molecule has 0 heterocycles. The van der Waals surface area contributed by atoms with E-state index in [2.05, 4.69) is 67.8 Å². The van der Waals surface area contributed by atoms with Crippen LogP contribution in [0.1, 0.15) is 10.4 Å². The minimum atomic E-state index is -0.875. The number of nitrogens with zero attached hydrogens (tertiary/aromatic N) is 1. The summed E-state index contributed by atoms with van der Waals surface area (Å²) in [6.07, 6.45) is 0. The van der Waals surface area contributed by atoms with E-state index in [1.165, 1.54) is 0 Å². The summed E-state index contributed by atoms with van der Waals surface area (Å²) in [5.74, 6) is -0.875. The Balaban J connectivity index is 3.51. The van der Waals surface area contributed by atoms with Crippen LogP contribution in [0.15, 0.2) is 6.07 Å². The van der Waals surface area contributed by atoms with Crippen molar-refractivity contribution >= 4 is 79.4 Å². The highest BCUT2D eigenvalue weighted by atomic mass is 127. The third-order valence-corrected chi connectivity index (χ3v) is 5.84. The van der Waals surface area contributed by atoms with Gasteiger partial charge in [0.05, 0.1) is 14.8 Å². The van der Waals surface area contributed by atoms with Crippen molar-refractivity contribution < 1.29 is 9.90 Å². The second-order valence-corrected chi connectivity index (χ2v) is 6.40. The molecule has 0 aliphatic heterocycles. The van der Waals surface area contributed by atoms with Crippen molar-refractivity contribution in [1.82, 2.24) is 0 Å². The third kappa shape index (κ3) is 2.87. The molecule has 3 nitrogen and oxygen atoms in total. The zero-order valence-electron chi connectivity index (χ0n) is 8.01. The quantitative estimate of drug-likeness (QED) is 0.461. The molecular formula is C9H8I3NO2. The molecule has 0 unspecified atom stereocenters. The van der Waals surface area contributed by atoms with Gasteiger partial charge in [0.1, 0.15) is 0 Å². The van der Waals surface area contributed by atoms with E-state index in [0.29, 0.717) is 5.56 Å². The van der Waals surface area contributed by atoms with Gasteiger partial charge in [0.15, 0.2) is 0 Å². The molecule has 1 rings (SSSR count). The maximum Gasteiger partial charge on any atom is 0.336 e. The van der Waals surface area contributed by atoms with Crippen LogP contribution in [0, 0.1) is 10.7 Å². The lowest BCUT2D eigenvalue weighted by Gasteiger charge is -2.18. The molecule has 0 aromatic heterocycles. The summed E-state index contributed by atoms with van der Waals surface area (Å²) in [5.41, 5.74) is 1.44. The van der Waals surface area contributed by atoms with Gasteiger partial charge in [-0.15, -0.1) is 0 Å². The molecular weight excluding hydrogens is 535 g/mol. The Morgan fingerprint density at radius 2 is 1.80 bits per heavy atom. The van der Waals surface area contributed by atoms with E-state index in [1.807, 2.05) is 19.0 Å². The van der Waals surface area contributed by atoms with Crippen molar-refractivity contribution in [2.24, 2.45) is 0 Å². The van der Waals surface area contributed by atoms with E-state index in [9.17, 15) is 4.79 Å². The number of carboxylic acids is 1. The second-order valence-electron chi connectivity index (χ2n) is 3.08. The number of anilines is 1. The lowest BCUT2D eigenvalue weighted by atomic mass is 10.2. The van der Waals surface area contributed by atoms with Gasteiger partial charge >= 0.3 is 5.97 Å². The minimum Gasteiger partial charge on any atom is -0.478 e. The first-order valence-electron chi connectivity index (χ1n) is 3.94. The van der Waals surface area contributed by atoms with Crippen molar-refractivity contribution in [2.45, 2.75) is 0 Å². The first kappa shape index (κ1) is 13.7. The molecule has 6 heteroatoms. The molecule has 0 aliphatic carbocycles. The molecule has 1 N–H and O–H groups in total. The van der Waals surface area contributed by atoms with Crippen LogP contribution >= 0.6 is 67.8 Å². The Morgan fingerprint density at radius 1 is 1.27 bits per heavy atom. The van der Waals surface area contributed by atoms with E-state index in [1.54, 1.807) is 6.07 Å². The standard InChI is InChI=1S/C9H8I3NO2/c1-13(2)8-5(10)3-4(9(14)15)6(11)7(8)12/h3H,1-2H3,(H,14,15). The summed E-state index contributed by atoms with van der Waals surface area (Å²) < 4.78 is 2.74. The zero-order chi connectivity index (χ0) is 11.7. The smallest absolute Gasteiger partial charge is 0.336 e. The fourth-order valence-corrected chi connectivity index (χ4v) is 4.44. The van der Waals surface area contributed by atoms with Crippen molar-refractivity contribution in [3.63, 3.8) is 0 Å². The zero-order valence-corrected chi connectivity index (χ0v) is 14.5. The fourth-order valence-electron chi connectivity index (χ4n) is 1.15. The van der Waals surface area contributed by atoms with Crippen LogP contribution in [-0.2, 0) is 0 Å². The topological polar surface area (TPSA) is 40.5 Å². The number of carbonyl (C=O) groups is 1. The molecule has 0 atom stereocenters. The predicted molar refractivity (Wildman–Crippen MR) is 85.9 cm³/mol. The Morgan fingerprint density at radius 3 is 2.20 bits per heavy atom. The highest BCUT2D eigenvalue weighted by Gasteiger charge is 2.18. The van der Waals surface area contributed by atoms with E-state index >= 15 is 0 Å². The largest absolute Gasteiger partial charge is 0.478 e. The van der Waals surface area contributed by atoms with Gasteiger partial charge in [-0.2, -0.15) is 0 Å². The second kappa shape index (κ2) is 5.34.